The highest BCUT2D eigenvalue weighted by molar-refractivity contribution is 5.96. The SMILES string of the molecule is COC(=O)CN(Cc1ccccc1)C(=O)c1cn[nH]c1C. The van der Waals surface area contributed by atoms with Crippen molar-refractivity contribution < 1.29 is 14.3 Å². The number of H-pyrrole nitrogens is 1. The largest absolute Gasteiger partial charge is 0.468 e. The second-order valence-corrected chi connectivity index (χ2v) is 4.63. The monoisotopic (exact) mass is 287 g/mol. The number of amides is 1. The first-order chi connectivity index (χ1) is 10.1. The summed E-state index contributed by atoms with van der Waals surface area (Å²) in [4.78, 5) is 25.5. The number of nitrogens with zero attached hydrogens (tertiary/aromatic N) is 2. The Morgan fingerprint density at radius 2 is 2.00 bits per heavy atom. The summed E-state index contributed by atoms with van der Waals surface area (Å²) in [5.74, 6) is -0.712. The van der Waals surface area contributed by atoms with Crippen LogP contribution in [0.15, 0.2) is 36.5 Å². The molecule has 6 heteroatoms. The van der Waals surface area contributed by atoms with E-state index in [2.05, 4.69) is 14.9 Å². The van der Waals surface area contributed by atoms with Crippen molar-refractivity contribution in [3.8, 4) is 0 Å². The molecule has 0 bridgehead atoms. The van der Waals surface area contributed by atoms with Gasteiger partial charge in [0, 0.05) is 12.2 Å². The van der Waals surface area contributed by atoms with Gasteiger partial charge in [0.15, 0.2) is 0 Å². The van der Waals surface area contributed by atoms with Crippen molar-refractivity contribution in [2.24, 2.45) is 0 Å². The van der Waals surface area contributed by atoms with Gasteiger partial charge in [-0.15, -0.1) is 0 Å². The summed E-state index contributed by atoms with van der Waals surface area (Å²) in [5.41, 5.74) is 2.06. The molecular formula is C15H17N3O3. The molecule has 0 saturated carbocycles. The lowest BCUT2D eigenvalue weighted by molar-refractivity contribution is -0.141. The molecule has 0 aliphatic carbocycles. The fourth-order valence-corrected chi connectivity index (χ4v) is 1.96. The molecule has 0 fully saturated rings. The molecule has 0 aliphatic rings. The normalized spacial score (nSPS) is 10.2. The molecule has 1 amide bonds. The van der Waals surface area contributed by atoms with Crippen LogP contribution in [0.25, 0.3) is 0 Å². The van der Waals surface area contributed by atoms with E-state index in [0.29, 0.717) is 17.8 Å². The van der Waals surface area contributed by atoms with Gasteiger partial charge in [-0.25, -0.2) is 0 Å². The molecular weight excluding hydrogens is 270 g/mol. The van der Waals surface area contributed by atoms with Crippen LogP contribution >= 0.6 is 0 Å². The van der Waals surface area contributed by atoms with Crippen LogP contribution in [0.4, 0.5) is 0 Å². The number of hydrogen-bond acceptors (Lipinski definition) is 4. The van der Waals surface area contributed by atoms with Crippen LogP contribution in [0.2, 0.25) is 0 Å². The van der Waals surface area contributed by atoms with Gasteiger partial charge >= 0.3 is 5.97 Å². The molecule has 6 nitrogen and oxygen atoms in total. The van der Waals surface area contributed by atoms with E-state index >= 15 is 0 Å². The standard InChI is InChI=1S/C15H17N3O3/c1-11-13(8-16-17-11)15(20)18(10-14(19)21-2)9-12-6-4-3-5-7-12/h3-8H,9-10H2,1-2H3,(H,16,17). The Labute approximate surface area is 122 Å². The summed E-state index contributed by atoms with van der Waals surface area (Å²) in [5, 5.41) is 6.56. The van der Waals surface area contributed by atoms with Gasteiger partial charge in [-0.1, -0.05) is 30.3 Å². The minimum absolute atomic E-state index is 0.102. The molecule has 0 radical (unpaired) electrons. The summed E-state index contributed by atoms with van der Waals surface area (Å²) >= 11 is 0. The fraction of sp³-hybridized carbons (Fsp3) is 0.267. The molecule has 0 saturated heterocycles. The number of benzene rings is 1. The summed E-state index contributed by atoms with van der Waals surface area (Å²) in [6.07, 6.45) is 1.47. The number of hydrogen-bond donors (Lipinski definition) is 1. The minimum atomic E-state index is -0.458. The number of carbonyl (C=O) groups is 2. The number of aryl methyl sites for hydroxylation is 1. The molecule has 21 heavy (non-hydrogen) atoms. The van der Waals surface area contributed by atoms with Crippen LogP contribution in [0.5, 0.6) is 0 Å². The maximum Gasteiger partial charge on any atom is 0.325 e. The molecule has 0 atom stereocenters. The lowest BCUT2D eigenvalue weighted by atomic mass is 10.2. The predicted molar refractivity (Wildman–Crippen MR) is 76.5 cm³/mol. The third-order valence-electron chi connectivity index (χ3n) is 3.11. The Morgan fingerprint density at radius 1 is 1.29 bits per heavy atom. The first kappa shape index (κ1) is 14.8. The highest BCUT2D eigenvalue weighted by atomic mass is 16.5. The highest BCUT2D eigenvalue weighted by Crippen LogP contribution is 2.12. The second kappa shape index (κ2) is 6.69. The predicted octanol–water partition coefficient (Wildman–Crippen LogP) is 1.53. The minimum Gasteiger partial charge on any atom is -0.468 e. The number of carbonyl (C=O) groups excluding carboxylic acids is 2. The number of ether oxygens (including phenoxy) is 1. The van der Waals surface area contributed by atoms with Gasteiger partial charge < -0.3 is 9.64 Å². The molecule has 2 rings (SSSR count). The molecule has 110 valence electrons. The summed E-state index contributed by atoms with van der Waals surface area (Å²) in [7, 11) is 1.30. The first-order valence-electron chi connectivity index (χ1n) is 6.51. The van der Waals surface area contributed by atoms with E-state index < -0.39 is 5.97 Å². The Kier molecular flexibility index (Phi) is 4.71. The molecule has 1 aromatic carbocycles. The van der Waals surface area contributed by atoms with E-state index in [-0.39, 0.29) is 12.5 Å². The van der Waals surface area contributed by atoms with E-state index in [1.165, 1.54) is 18.2 Å². The quantitative estimate of drug-likeness (QED) is 0.846. The summed E-state index contributed by atoms with van der Waals surface area (Å²) < 4.78 is 4.66. The van der Waals surface area contributed by atoms with Gasteiger partial charge in [0.2, 0.25) is 0 Å². The van der Waals surface area contributed by atoms with Gasteiger partial charge in [-0.2, -0.15) is 5.10 Å². The van der Waals surface area contributed by atoms with E-state index in [1.807, 2.05) is 30.3 Å². The van der Waals surface area contributed by atoms with Crippen molar-refractivity contribution in [1.29, 1.82) is 0 Å². The zero-order valence-electron chi connectivity index (χ0n) is 12.0. The summed E-state index contributed by atoms with van der Waals surface area (Å²) in [6, 6.07) is 9.48. The Bertz CT molecular complexity index is 622. The van der Waals surface area contributed by atoms with Crippen LogP contribution in [0.1, 0.15) is 21.6 Å². The zero-order chi connectivity index (χ0) is 15.2. The van der Waals surface area contributed by atoms with Crippen LogP contribution in [0.3, 0.4) is 0 Å². The maximum atomic E-state index is 12.5. The number of esters is 1. The first-order valence-corrected chi connectivity index (χ1v) is 6.51. The Hall–Kier alpha value is -2.63. The number of methoxy groups -OCH3 is 1. The van der Waals surface area contributed by atoms with Gasteiger partial charge in [0.05, 0.1) is 18.9 Å². The van der Waals surface area contributed by atoms with Crippen molar-refractivity contribution in [1.82, 2.24) is 15.1 Å². The maximum absolute atomic E-state index is 12.5. The summed E-state index contributed by atoms with van der Waals surface area (Å²) in [6.45, 7) is 1.99. The molecule has 1 heterocycles. The molecule has 0 unspecified atom stereocenters. The van der Waals surface area contributed by atoms with Crippen LogP contribution in [0, 0.1) is 6.92 Å². The number of aromatic amines is 1. The van der Waals surface area contributed by atoms with Crippen molar-refractivity contribution in [2.45, 2.75) is 13.5 Å². The zero-order valence-corrected chi connectivity index (χ0v) is 12.0. The number of rotatable bonds is 5. The smallest absolute Gasteiger partial charge is 0.325 e. The van der Waals surface area contributed by atoms with Crippen LogP contribution in [-0.4, -0.2) is 40.6 Å². The van der Waals surface area contributed by atoms with Crippen LogP contribution in [-0.2, 0) is 16.1 Å². The van der Waals surface area contributed by atoms with E-state index in [4.69, 9.17) is 0 Å². The fourth-order valence-electron chi connectivity index (χ4n) is 1.96. The highest BCUT2D eigenvalue weighted by Gasteiger charge is 2.22. The van der Waals surface area contributed by atoms with E-state index in [1.54, 1.807) is 6.92 Å². The third kappa shape index (κ3) is 3.68. The lowest BCUT2D eigenvalue weighted by Gasteiger charge is -2.21. The van der Waals surface area contributed by atoms with Gasteiger partial charge in [0.1, 0.15) is 6.54 Å². The van der Waals surface area contributed by atoms with Crippen LogP contribution < -0.4 is 0 Å². The van der Waals surface area contributed by atoms with Crippen molar-refractivity contribution in [3.05, 3.63) is 53.3 Å². The van der Waals surface area contributed by atoms with Crippen molar-refractivity contribution >= 4 is 11.9 Å². The molecule has 0 aliphatic heterocycles. The van der Waals surface area contributed by atoms with Crippen molar-refractivity contribution in [3.63, 3.8) is 0 Å². The topological polar surface area (TPSA) is 75.3 Å². The van der Waals surface area contributed by atoms with Crippen molar-refractivity contribution in [2.75, 3.05) is 13.7 Å². The molecule has 2 aromatic rings. The van der Waals surface area contributed by atoms with E-state index in [0.717, 1.165) is 5.56 Å². The average Bonchev–Trinajstić information content (AvgIpc) is 2.93. The molecule has 1 aromatic heterocycles. The van der Waals surface area contributed by atoms with E-state index in [9.17, 15) is 9.59 Å². The molecule has 0 spiro atoms. The molecule has 1 N–H and O–H groups in total. The third-order valence-corrected chi connectivity index (χ3v) is 3.11. The average molecular weight is 287 g/mol. The number of aromatic nitrogens is 2. The van der Waals surface area contributed by atoms with Gasteiger partial charge in [-0.3, -0.25) is 14.7 Å². The van der Waals surface area contributed by atoms with Gasteiger partial charge in [-0.05, 0) is 12.5 Å². The lowest BCUT2D eigenvalue weighted by Crippen LogP contribution is -2.35. The Morgan fingerprint density at radius 3 is 2.57 bits per heavy atom. The van der Waals surface area contributed by atoms with Gasteiger partial charge in [0.25, 0.3) is 5.91 Å². The Balaban J connectivity index is 2.21. The second-order valence-electron chi connectivity index (χ2n) is 4.63. The number of nitrogens with one attached hydrogen (secondary N) is 1.